The number of halogens is 3. The summed E-state index contributed by atoms with van der Waals surface area (Å²) in [5.41, 5.74) is -1.05. The normalized spacial score (nSPS) is 18.3. The molecule has 1 aliphatic rings. The molecule has 0 spiro atoms. The summed E-state index contributed by atoms with van der Waals surface area (Å²) in [7, 11) is -3.89. The number of carboxylic acids is 1. The zero-order chi connectivity index (χ0) is 20.4. The van der Waals surface area contributed by atoms with Gasteiger partial charge in [-0.05, 0) is 36.6 Å². The predicted octanol–water partition coefficient (Wildman–Crippen LogP) is 3.19. The maximum absolute atomic E-state index is 13.0. The Morgan fingerprint density at radius 3 is 2.59 bits per heavy atom. The minimum absolute atomic E-state index is 0.0441. The van der Waals surface area contributed by atoms with Gasteiger partial charge < -0.3 is 9.84 Å². The Morgan fingerprint density at radius 2 is 2.04 bits per heavy atom. The van der Waals surface area contributed by atoms with Crippen LogP contribution in [0.3, 0.4) is 0 Å². The molecule has 0 saturated carbocycles. The molecule has 2 N–H and O–H groups in total. The van der Waals surface area contributed by atoms with E-state index in [4.69, 9.17) is 9.84 Å². The van der Waals surface area contributed by atoms with E-state index in [1.165, 1.54) is 0 Å². The molecule has 0 radical (unpaired) electrons. The highest BCUT2D eigenvalue weighted by atomic mass is 32.2. The van der Waals surface area contributed by atoms with Crippen LogP contribution in [0.25, 0.3) is 6.08 Å². The molecule has 2 unspecified atom stereocenters. The zero-order valence-electron chi connectivity index (χ0n) is 14.7. The van der Waals surface area contributed by atoms with Crippen LogP contribution in [0.2, 0.25) is 0 Å². The summed E-state index contributed by atoms with van der Waals surface area (Å²) in [5, 5.41) is 9.04. The fourth-order valence-electron chi connectivity index (χ4n) is 2.69. The van der Waals surface area contributed by atoms with Crippen LogP contribution in [0.15, 0.2) is 28.7 Å². The SMILES string of the molecule is CCCC(C)CNS(=O)(=O)c1ccc2c(c1)C=C(C(=O)O)C(C(F)(F)F)O2. The second-order valence-corrected chi connectivity index (χ2v) is 8.16. The number of fused-ring (bicyclic) bond motifs is 1. The number of aliphatic carboxylic acids is 1. The Balaban J connectivity index is 2.33. The third-order valence-electron chi connectivity index (χ3n) is 4.08. The Hall–Kier alpha value is -2.07. The number of ether oxygens (including phenoxy) is 1. The van der Waals surface area contributed by atoms with E-state index < -0.39 is 33.8 Å². The monoisotopic (exact) mass is 407 g/mol. The smallest absolute Gasteiger partial charge is 0.430 e. The molecule has 1 aromatic rings. The first-order chi connectivity index (χ1) is 12.5. The first kappa shape index (κ1) is 21.2. The molecule has 0 aromatic heterocycles. The van der Waals surface area contributed by atoms with Crippen molar-refractivity contribution in [3.05, 3.63) is 29.3 Å². The minimum atomic E-state index is -4.91. The topological polar surface area (TPSA) is 92.7 Å². The van der Waals surface area contributed by atoms with Crippen LogP contribution >= 0.6 is 0 Å². The number of nitrogens with one attached hydrogen (secondary N) is 1. The Labute approximate surface area is 155 Å². The van der Waals surface area contributed by atoms with Crippen molar-refractivity contribution in [2.45, 2.75) is 43.9 Å². The van der Waals surface area contributed by atoms with Gasteiger partial charge in [0.2, 0.25) is 16.1 Å². The molecule has 10 heteroatoms. The number of alkyl halides is 3. The molecule has 1 aromatic carbocycles. The molecule has 2 rings (SSSR count). The molecule has 150 valence electrons. The van der Waals surface area contributed by atoms with E-state index in [0.29, 0.717) is 0 Å². The van der Waals surface area contributed by atoms with E-state index in [1.54, 1.807) is 0 Å². The Bertz CT molecular complexity index is 849. The largest absolute Gasteiger partial charge is 0.478 e. The molecule has 2 atom stereocenters. The average Bonchev–Trinajstić information content (AvgIpc) is 2.57. The molecular weight excluding hydrogens is 387 g/mol. The molecule has 6 nitrogen and oxygen atoms in total. The van der Waals surface area contributed by atoms with Crippen molar-refractivity contribution < 1.29 is 36.2 Å². The van der Waals surface area contributed by atoms with Crippen molar-refractivity contribution >= 4 is 22.1 Å². The summed E-state index contributed by atoms with van der Waals surface area (Å²) >= 11 is 0. The first-order valence-corrected chi connectivity index (χ1v) is 9.76. The summed E-state index contributed by atoms with van der Waals surface area (Å²) in [6.07, 6.45) is -4.99. The van der Waals surface area contributed by atoms with Gasteiger partial charge in [0.25, 0.3) is 0 Å². The van der Waals surface area contributed by atoms with Gasteiger partial charge >= 0.3 is 12.1 Å². The lowest BCUT2D eigenvalue weighted by Gasteiger charge is -2.27. The van der Waals surface area contributed by atoms with Crippen LogP contribution in [-0.2, 0) is 14.8 Å². The highest BCUT2D eigenvalue weighted by molar-refractivity contribution is 7.89. The maximum atomic E-state index is 13.0. The van der Waals surface area contributed by atoms with Crippen LogP contribution in [0, 0.1) is 5.92 Å². The molecule has 1 heterocycles. The van der Waals surface area contributed by atoms with Crippen molar-refractivity contribution in [1.29, 1.82) is 0 Å². The van der Waals surface area contributed by atoms with Gasteiger partial charge in [0, 0.05) is 12.1 Å². The molecule has 1 aliphatic heterocycles. The number of carbonyl (C=O) groups is 1. The number of sulfonamides is 1. The van der Waals surface area contributed by atoms with Gasteiger partial charge in [-0.3, -0.25) is 0 Å². The molecular formula is C17H20F3NO5S. The highest BCUT2D eigenvalue weighted by Crippen LogP contribution is 2.38. The van der Waals surface area contributed by atoms with Gasteiger partial charge in [-0.25, -0.2) is 17.9 Å². The lowest BCUT2D eigenvalue weighted by atomic mass is 10.0. The molecule has 0 amide bonds. The molecule has 0 saturated heterocycles. The van der Waals surface area contributed by atoms with Crippen LogP contribution < -0.4 is 9.46 Å². The first-order valence-electron chi connectivity index (χ1n) is 8.27. The second kappa shape index (κ2) is 7.89. The Kier molecular flexibility index (Phi) is 6.21. The quantitative estimate of drug-likeness (QED) is 0.724. The number of hydrogen-bond acceptors (Lipinski definition) is 4. The van der Waals surface area contributed by atoms with Gasteiger partial charge in [-0.15, -0.1) is 0 Å². The van der Waals surface area contributed by atoms with Crippen molar-refractivity contribution in [3.8, 4) is 5.75 Å². The predicted molar refractivity (Wildman–Crippen MR) is 91.8 cm³/mol. The summed E-state index contributed by atoms with van der Waals surface area (Å²) in [4.78, 5) is 11.0. The van der Waals surface area contributed by atoms with Crippen molar-refractivity contribution in [2.24, 2.45) is 5.92 Å². The molecule has 27 heavy (non-hydrogen) atoms. The summed E-state index contributed by atoms with van der Waals surface area (Å²) < 4.78 is 71.1. The summed E-state index contributed by atoms with van der Waals surface area (Å²) in [5.74, 6) is -1.90. The average molecular weight is 407 g/mol. The van der Waals surface area contributed by atoms with E-state index in [9.17, 15) is 26.4 Å². The standard InChI is InChI=1S/C17H20F3NO5S/c1-3-4-10(2)9-21-27(24,25)12-5-6-14-11(7-12)8-13(16(22)23)15(26-14)17(18,19)20/h5-8,10,15,21H,3-4,9H2,1-2H3,(H,22,23). The lowest BCUT2D eigenvalue weighted by Crippen LogP contribution is -2.40. The third kappa shape index (κ3) is 5.01. The number of rotatable bonds is 7. The third-order valence-corrected chi connectivity index (χ3v) is 5.50. The van der Waals surface area contributed by atoms with Gasteiger partial charge in [-0.2, -0.15) is 13.2 Å². The lowest BCUT2D eigenvalue weighted by molar-refractivity contribution is -0.187. The minimum Gasteiger partial charge on any atom is -0.478 e. The van der Waals surface area contributed by atoms with Crippen molar-refractivity contribution in [2.75, 3.05) is 6.54 Å². The summed E-state index contributed by atoms with van der Waals surface area (Å²) in [6, 6.07) is 3.31. The molecule has 0 fully saturated rings. The van der Waals surface area contributed by atoms with Crippen molar-refractivity contribution in [1.82, 2.24) is 4.72 Å². The van der Waals surface area contributed by atoms with E-state index >= 15 is 0 Å². The van der Waals surface area contributed by atoms with Crippen LogP contribution in [0.4, 0.5) is 13.2 Å². The Morgan fingerprint density at radius 1 is 1.37 bits per heavy atom. The fourth-order valence-corrected chi connectivity index (χ4v) is 3.89. The fraction of sp³-hybridized carbons (Fsp3) is 0.471. The van der Waals surface area contributed by atoms with Gasteiger partial charge in [0.15, 0.2) is 0 Å². The van der Waals surface area contributed by atoms with Gasteiger partial charge in [0.05, 0.1) is 10.5 Å². The maximum Gasteiger partial charge on any atom is 0.430 e. The molecule has 0 bridgehead atoms. The second-order valence-electron chi connectivity index (χ2n) is 6.39. The number of carboxylic acid groups (broad SMARTS) is 1. The highest BCUT2D eigenvalue weighted by Gasteiger charge is 2.48. The van der Waals surface area contributed by atoms with Crippen LogP contribution in [-0.4, -0.2) is 38.3 Å². The van der Waals surface area contributed by atoms with Crippen LogP contribution in [0.1, 0.15) is 32.3 Å². The van der Waals surface area contributed by atoms with E-state index in [2.05, 4.69) is 4.72 Å². The zero-order valence-corrected chi connectivity index (χ0v) is 15.5. The van der Waals surface area contributed by atoms with Gasteiger partial charge in [-0.1, -0.05) is 20.3 Å². The van der Waals surface area contributed by atoms with Gasteiger partial charge in [0.1, 0.15) is 5.75 Å². The molecule has 0 aliphatic carbocycles. The van der Waals surface area contributed by atoms with Crippen LogP contribution in [0.5, 0.6) is 5.75 Å². The van der Waals surface area contributed by atoms with E-state index in [1.807, 2.05) is 13.8 Å². The van der Waals surface area contributed by atoms with E-state index in [-0.39, 0.29) is 28.7 Å². The van der Waals surface area contributed by atoms with E-state index in [0.717, 1.165) is 37.1 Å². The number of benzene rings is 1. The summed E-state index contributed by atoms with van der Waals surface area (Å²) in [6.45, 7) is 4.09. The van der Waals surface area contributed by atoms with Crippen molar-refractivity contribution in [3.63, 3.8) is 0 Å². The number of hydrogen-bond donors (Lipinski definition) is 2.